The standard InChI is InChI=1S/C15H17NO3S/c1-16(9-12-5-6-20-10-12)8-11-3-4-14(19-2)13(7-11)15(17)18/h3-7,10H,8-9H2,1-2H3,(H,17,18). The van der Waals surface area contributed by atoms with Gasteiger partial charge in [0.1, 0.15) is 11.3 Å². The van der Waals surface area contributed by atoms with Crippen molar-refractivity contribution in [3.63, 3.8) is 0 Å². The number of methoxy groups -OCH3 is 1. The Morgan fingerprint density at radius 1 is 1.30 bits per heavy atom. The lowest BCUT2D eigenvalue weighted by Crippen LogP contribution is -2.17. The van der Waals surface area contributed by atoms with Crippen molar-refractivity contribution in [3.05, 3.63) is 51.7 Å². The molecule has 0 unspecified atom stereocenters. The first-order valence-electron chi connectivity index (χ1n) is 6.20. The average Bonchev–Trinajstić information content (AvgIpc) is 2.91. The lowest BCUT2D eigenvalue weighted by Gasteiger charge is -2.16. The largest absolute Gasteiger partial charge is 0.496 e. The third kappa shape index (κ3) is 3.59. The number of carboxylic acids is 1. The molecule has 0 saturated carbocycles. The number of rotatable bonds is 6. The zero-order chi connectivity index (χ0) is 14.5. The van der Waals surface area contributed by atoms with Crippen molar-refractivity contribution >= 4 is 17.3 Å². The lowest BCUT2D eigenvalue weighted by molar-refractivity contribution is 0.0693. The van der Waals surface area contributed by atoms with Gasteiger partial charge in [-0.05, 0) is 47.1 Å². The van der Waals surface area contributed by atoms with Gasteiger partial charge in [-0.25, -0.2) is 4.79 Å². The second-order valence-corrected chi connectivity index (χ2v) is 5.42. The minimum Gasteiger partial charge on any atom is -0.496 e. The molecule has 1 heterocycles. The Morgan fingerprint density at radius 3 is 2.65 bits per heavy atom. The van der Waals surface area contributed by atoms with Crippen LogP contribution in [0, 0.1) is 0 Å². The molecule has 0 spiro atoms. The molecule has 0 fully saturated rings. The van der Waals surface area contributed by atoms with Crippen LogP contribution in [-0.2, 0) is 13.1 Å². The Morgan fingerprint density at radius 2 is 2.05 bits per heavy atom. The molecular formula is C15H17NO3S. The number of hydrogen-bond acceptors (Lipinski definition) is 4. The normalized spacial score (nSPS) is 10.8. The molecule has 4 nitrogen and oxygen atoms in total. The summed E-state index contributed by atoms with van der Waals surface area (Å²) in [5.74, 6) is -0.578. The maximum atomic E-state index is 11.2. The summed E-state index contributed by atoms with van der Waals surface area (Å²) in [7, 11) is 3.49. The Bertz CT molecular complexity index is 581. The van der Waals surface area contributed by atoms with Gasteiger partial charge in [0.15, 0.2) is 0 Å². The van der Waals surface area contributed by atoms with Gasteiger partial charge in [0.2, 0.25) is 0 Å². The summed E-state index contributed by atoms with van der Waals surface area (Å²) in [5.41, 5.74) is 2.43. The van der Waals surface area contributed by atoms with Crippen LogP contribution in [0.1, 0.15) is 21.5 Å². The maximum Gasteiger partial charge on any atom is 0.339 e. The monoisotopic (exact) mass is 291 g/mol. The minimum absolute atomic E-state index is 0.203. The highest BCUT2D eigenvalue weighted by atomic mass is 32.1. The predicted octanol–water partition coefficient (Wildman–Crippen LogP) is 3.09. The molecule has 0 aliphatic carbocycles. The first-order valence-corrected chi connectivity index (χ1v) is 7.14. The second-order valence-electron chi connectivity index (χ2n) is 4.64. The topological polar surface area (TPSA) is 49.8 Å². The Hall–Kier alpha value is -1.85. The summed E-state index contributed by atoms with van der Waals surface area (Å²) in [5, 5.41) is 13.3. The summed E-state index contributed by atoms with van der Waals surface area (Å²) in [6, 6.07) is 7.37. The molecule has 0 amide bonds. The van der Waals surface area contributed by atoms with Crippen molar-refractivity contribution in [3.8, 4) is 5.75 Å². The highest BCUT2D eigenvalue weighted by Crippen LogP contribution is 2.21. The van der Waals surface area contributed by atoms with E-state index >= 15 is 0 Å². The molecule has 1 aromatic heterocycles. The average molecular weight is 291 g/mol. The van der Waals surface area contributed by atoms with Crippen LogP contribution in [0.25, 0.3) is 0 Å². The predicted molar refractivity (Wildman–Crippen MR) is 79.4 cm³/mol. The molecule has 0 atom stereocenters. The quantitative estimate of drug-likeness (QED) is 0.888. The highest BCUT2D eigenvalue weighted by Gasteiger charge is 2.12. The van der Waals surface area contributed by atoms with E-state index < -0.39 is 5.97 Å². The summed E-state index contributed by atoms with van der Waals surface area (Å²) in [6.07, 6.45) is 0. The van der Waals surface area contributed by atoms with E-state index in [4.69, 9.17) is 4.74 Å². The molecule has 5 heteroatoms. The molecule has 106 valence electrons. The zero-order valence-corrected chi connectivity index (χ0v) is 12.3. The first-order chi connectivity index (χ1) is 9.60. The van der Waals surface area contributed by atoms with Crippen LogP contribution in [0.15, 0.2) is 35.0 Å². The molecule has 0 saturated heterocycles. The molecule has 1 N–H and O–H groups in total. The summed E-state index contributed by atoms with van der Waals surface area (Å²) < 4.78 is 5.06. The van der Waals surface area contributed by atoms with Gasteiger partial charge in [-0.15, -0.1) is 0 Å². The fourth-order valence-corrected chi connectivity index (χ4v) is 2.74. The van der Waals surface area contributed by atoms with Gasteiger partial charge in [-0.2, -0.15) is 11.3 Å². The van der Waals surface area contributed by atoms with Crippen LogP contribution in [0.3, 0.4) is 0 Å². The van der Waals surface area contributed by atoms with E-state index in [0.717, 1.165) is 12.1 Å². The van der Waals surface area contributed by atoms with Gasteiger partial charge in [0.25, 0.3) is 0 Å². The van der Waals surface area contributed by atoms with Gasteiger partial charge < -0.3 is 9.84 Å². The third-order valence-corrected chi connectivity index (χ3v) is 3.71. The molecule has 0 radical (unpaired) electrons. The number of benzene rings is 1. The number of carboxylic acid groups (broad SMARTS) is 1. The number of thiophene rings is 1. The molecule has 0 aliphatic heterocycles. The molecule has 2 rings (SSSR count). The van der Waals surface area contributed by atoms with Crippen LogP contribution in [0.4, 0.5) is 0 Å². The first kappa shape index (κ1) is 14.6. The van der Waals surface area contributed by atoms with Crippen LogP contribution in [0.5, 0.6) is 5.75 Å². The molecule has 0 bridgehead atoms. The number of ether oxygens (including phenoxy) is 1. The Labute approximate surface area is 122 Å². The van der Waals surface area contributed by atoms with E-state index in [0.29, 0.717) is 12.3 Å². The van der Waals surface area contributed by atoms with Crippen molar-refractivity contribution in [1.82, 2.24) is 4.90 Å². The summed E-state index contributed by atoms with van der Waals surface area (Å²) in [4.78, 5) is 13.3. The van der Waals surface area contributed by atoms with Gasteiger partial charge in [0, 0.05) is 13.1 Å². The van der Waals surface area contributed by atoms with Crippen molar-refractivity contribution in [2.45, 2.75) is 13.1 Å². The number of aromatic carboxylic acids is 1. The summed E-state index contributed by atoms with van der Waals surface area (Å²) in [6.45, 7) is 1.54. The van der Waals surface area contributed by atoms with Crippen molar-refractivity contribution < 1.29 is 14.6 Å². The molecular weight excluding hydrogens is 274 g/mol. The third-order valence-electron chi connectivity index (χ3n) is 2.98. The zero-order valence-electron chi connectivity index (χ0n) is 11.5. The van der Waals surface area contributed by atoms with E-state index in [2.05, 4.69) is 21.7 Å². The SMILES string of the molecule is COc1ccc(CN(C)Cc2ccsc2)cc1C(=O)O. The van der Waals surface area contributed by atoms with Crippen LogP contribution in [0.2, 0.25) is 0 Å². The molecule has 1 aromatic carbocycles. The number of nitrogens with zero attached hydrogens (tertiary/aromatic N) is 1. The van der Waals surface area contributed by atoms with Gasteiger partial charge in [0.05, 0.1) is 7.11 Å². The van der Waals surface area contributed by atoms with E-state index in [1.165, 1.54) is 12.7 Å². The van der Waals surface area contributed by atoms with E-state index in [-0.39, 0.29) is 5.56 Å². The molecule has 20 heavy (non-hydrogen) atoms. The molecule has 2 aromatic rings. The van der Waals surface area contributed by atoms with Crippen molar-refractivity contribution in [2.75, 3.05) is 14.2 Å². The Balaban J connectivity index is 2.09. The number of hydrogen-bond donors (Lipinski definition) is 1. The number of carbonyl (C=O) groups is 1. The van der Waals surface area contributed by atoms with Crippen molar-refractivity contribution in [1.29, 1.82) is 0 Å². The highest BCUT2D eigenvalue weighted by molar-refractivity contribution is 7.07. The van der Waals surface area contributed by atoms with E-state index in [1.54, 1.807) is 23.5 Å². The fraction of sp³-hybridized carbons (Fsp3) is 0.267. The lowest BCUT2D eigenvalue weighted by atomic mass is 10.1. The maximum absolute atomic E-state index is 11.2. The van der Waals surface area contributed by atoms with E-state index in [1.807, 2.05) is 13.1 Å². The smallest absolute Gasteiger partial charge is 0.339 e. The van der Waals surface area contributed by atoms with Crippen LogP contribution in [-0.4, -0.2) is 30.1 Å². The van der Waals surface area contributed by atoms with E-state index in [9.17, 15) is 9.90 Å². The minimum atomic E-state index is -0.968. The van der Waals surface area contributed by atoms with Gasteiger partial charge in [-0.1, -0.05) is 6.07 Å². The van der Waals surface area contributed by atoms with Gasteiger partial charge in [-0.3, -0.25) is 4.90 Å². The van der Waals surface area contributed by atoms with Crippen LogP contribution < -0.4 is 4.74 Å². The fourth-order valence-electron chi connectivity index (χ4n) is 2.08. The van der Waals surface area contributed by atoms with Gasteiger partial charge >= 0.3 is 5.97 Å². The Kier molecular flexibility index (Phi) is 4.76. The van der Waals surface area contributed by atoms with Crippen LogP contribution >= 0.6 is 11.3 Å². The molecule has 0 aliphatic rings. The summed E-state index contributed by atoms with van der Waals surface area (Å²) >= 11 is 1.68. The second kappa shape index (κ2) is 6.54. The van der Waals surface area contributed by atoms with Crippen molar-refractivity contribution in [2.24, 2.45) is 0 Å².